The van der Waals surface area contributed by atoms with Gasteiger partial charge in [-0.2, -0.15) is 4.39 Å². The summed E-state index contributed by atoms with van der Waals surface area (Å²) in [5.74, 6) is -0.496. The molecule has 110 valence electrons. The third-order valence-electron chi connectivity index (χ3n) is 2.89. The number of rotatable bonds is 5. The van der Waals surface area contributed by atoms with Crippen molar-refractivity contribution in [2.24, 2.45) is 0 Å². The normalized spacial score (nSPS) is 10.0. The Balaban J connectivity index is 2.03. The van der Waals surface area contributed by atoms with Gasteiger partial charge in [-0.3, -0.25) is 0 Å². The molecule has 0 saturated heterocycles. The van der Waals surface area contributed by atoms with E-state index in [1.54, 1.807) is 7.11 Å². The van der Waals surface area contributed by atoms with Crippen LogP contribution in [-0.4, -0.2) is 25.2 Å². The number of carbonyl (C=O) groups is 1. The lowest BCUT2D eigenvalue weighted by atomic mass is 10.2. The lowest BCUT2D eigenvalue weighted by Crippen LogP contribution is -2.08. The van der Waals surface area contributed by atoms with Gasteiger partial charge in [0.05, 0.1) is 14.2 Å². The second-order valence-electron chi connectivity index (χ2n) is 4.23. The van der Waals surface area contributed by atoms with Crippen LogP contribution in [0.25, 0.3) is 0 Å². The molecular weight excluding hydrogens is 275 g/mol. The molecule has 0 aliphatic carbocycles. The molecular formula is C15H15FN2O3. The quantitative estimate of drug-likeness (QED) is 0.677. The van der Waals surface area contributed by atoms with Crippen LogP contribution in [0.1, 0.15) is 15.9 Å². The van der Waals surface area contributed by atoms with Crippen LogP contribution in [-0.2, 0) is 11.3 Å². The second-order valence-corrected chi connectivity index (χ2v) is 4.23. The Morgan fingerprint density at radius 3 is 2.48 bits per heavy atom. The topological polar surface area (TPSA) is 60.5 Å². The molecule has 5 nitrogen and oxygen atoms in total. The van der Waals surface area contributed by atoms with Crippen molar-refractivity contribution < 1.29 is 18.7 Å². The van der Waals surface area contributed by atoms with Crippen molar-refractivity contribution in [3.8, 4) is 5.75 Å². The van der Waals surface area contributed by atoms with Gasteiger partial charge in [-0.1, -0.05) is 12.1 Å². The number of aromatic nitrogens is 1. The number of nitrogens with one attached hydrogen (secondary N) is 1. The van der Waals surface area contributed by atoms with Crippen molar-refractivity contribution in [2.45, 2.75) is 6.54 Å². The molecule has 1 aromatic heterocycles. The van der Waals surface area contributed by atoms with Gasteiger partial charge in [0.1, 0.15) is 17.1 Å². The molecule has 0 saturated carbocycles. The first kappa shape index (κ1) is 14.8. The van der Waals surface area contributed by atoms with E-state index in [-0.39, 0.29) is 5.56 Å². The molecule has 1 heterocycles. The van der Waals surface area contributed by atoms with Crippen LogP contribution in [0.2, 0.25) is 0 Å². The number of anilines is 1. The molecule has 1 N–H and O–H groups in total. The van der Waals surface area contributed by atoms with Gasteiger partial charge in [0.25, 0.3) is 0 Å². The molecule has 0 spiro atoms. The number of pyridine rings is 1. The van der Waals surface area contributed by atoms with Crippen molar-refractivity contribution >= 4 is 11.8 Å². The Bertz CT molecular complexity index is 629. The molecule has 0 atom stereocenters. The highest BCUT2D eigenvalue weighted by atomic mass is 19.1. The zero-order valence-electron chi connectivity index (χ0n) is 11.7. The maximum absolute atomic E-state index is 13.6. The highest BCUT2D eigenvalue weighted by molar-refractivity contribution is 5.89. The summed E-state index contributed by atoms with van der Waals surface area (Å²) in [4.78, 5) is 14.9. The van der Waals surface area contributed by atoms with Crippen molar-refractivity contribution in [1.29, 1.82) is 0 Å². The average molecular weight is 290 g/mol. The van der Waals surface area contributed by atoms with Crippen LogP contribution in [0.15, 0.2) is 36.4 Å². The van der Waals surface area contributed by atoms with Crippen LogP contribution in [0.4, 0.5) is 10.2 Å². The Hall–Kier alpha value is -2.63. The molecule has 0 aliphatic heterocycles. The number of ether oxygens (including phenoxy) is 2. The van der Waals surface area contributed by atoms with Crippen LogP contribution in [0.5, 0.6) is 5.75 Å². The molecule has 2 rings (SSSR count). The van der Waals surface area contributed by atoms with Crippen LogP contribution in [0, 0.1) is 5.95 Å². The fourth-order valence-corrected chi connectivity index (χ4v) is 1.73. The van der Waals surface area contributed by atoms with Crippen molar-refractivity contribution in [3.05, 3.63) is 53.5 Å². The van der Waals surface area contributed by atoms with Gasteiger partial charge >= 0.3 is 5.97 Å². The summed E-state index contributed by atoms with van der Waals surface area (Å²) in [5.41, 5.74) is 0.808. The van der Waals surface area contributed by atoms with Crippen LogP contribution in [0.3, 0.4) is 0 Å². The number of halogens is 1. The van der Waals surface area contributed by atoms with Gasteiger partial charge in [0, 0.05) is 6.54 Å². The zero-order chi connectivity index (χ0) is 15.2. The van der Waals surface area contributed by atoms with E-state index < -0.39 is 11.9 Å². The van der Waals surface area contributed by atoms with E-state index in [0.717, 1.165) is 11.3 Å². The molecule has 0 radical (unpaired) electrons. The summed E-state index contributed by atoms with van der Waals surface area (Å²) in [7, 11) is 2.79. The predicted octanol–water partition coefficient (Wildman–Crippen LogP) is 2.63. The van der Waals surface area contributed by atoms with E-state index in [9.17, 15) is 9.18 Å². The predicted molar refractivity (Wildman–Crippen MR) is 75.9 cm³/mol. The molecule has 0 fully saturated rings. The van der Waals surface area contributed by atoms with E-state index >= 15 is 0 Å². The number of hydrogen-bond acceptors (Lipinski definition) is 5. The fraction of sp³-hybridized carbons (Fsp3) is 0.200. The second kappa shape index (κ2) is 6.69. The Morgan fingerprint density at radius 1 is 1.19 bits per heavy atom. The van der Waals surface area contributed by atoms with Gasteiger partial charge in [-0.05, 0) is 29.8 Å². The van der Waals surface area contributed by atoms with Crippen molar-refractivity contribution in [2.75, 3.05) is 19.5 Å². The van der Waals surface area contributed by atoms with Crippen molar-refractivity contribution in [1.82, 2.24) is 4.98 Å². The minimum atomic E-state index is -0.860. The molecule has 2 aromatic rings. The number of methoxy groups -OCH3 is 2. The fourth-order valence-electron chi connectivity index (χ4n) is 1.73. The molecule has 0 bridgehead atoms. The minimum Gasteiger partial charge on any atom is -0.497 e. The molecule has 1 aromatic carbocycles. The Kier molecular flexibility index (Phi) is 4.71. The number of hydrogen-bond donors (Lipinski definition) is 1. The standard InChI is InChI=1S/C15H15FN2O3/c1-20-11-5-3-10(4-6-11)9-17-13-8-7-12(14(16)18-13)15(19)21-2/h3-8H,9H2,1-2H3,(H,17,18). The van der Waals surface area contributed by atoms with Gasteiger partial charge in [-0.25, -0.2) is 9.78 Å². The van der Waals surface area contributed by atoms with E-state index in [1.165, 1.54) is 19.2 Å². The van der Waals surface area contributed by atoms with E-state index in [4.69, 9.17) is 4.74 Å². The molecule has 0 unspecified atom stereocenters. The first-order valence-corrected chi connectivity index (χ1v) is 6.25. The minimum absolute atomic E-state index is 0.188. The van der Waals surface area contributed by atoms with Crippen LogP contribution < -0.4 is 10.1 Å². The SMILES string of the molecule is COC(=O)c1ccc(NCc2ccc(OC)cc2)nc1F. The third kappa shape index (κ3) is 3.68. The Morgan fingerprint density at radius 2 is 1.90 bits per heavy atom. The van der Waals surface area contributed by atoms with Crippen LogP contribution >= 0.6 is 0 Å². The number of benzene rings is 1. The molecule has 0 amide bonds. The van der Waals surface area contributed by atoms with Crippen molar-refractivity contribution in [3.63, 3.8) is 0 Å². The molecule has 21 heavy (non-hydrogen) atoms. The summed E-state index contributed by atoms with van der Waals surface area (Å²) in [6.07, 6.45) is 0. The summed E-state index contributed by atoms with van der Waals surface area (Å²) < 4.78 is 23.2. The number of esters is 1. The monoisotopic (exact) mass is 290 g/mol. The average Bonchev–Trinajstić information content (AvgIpc) is 2.52. The van der Waals surface area contributed by atoms with E-state index in [1.807, 2.05) is 24.3 Å². The molecule has 6 heteroatoms. The maximum atomic E-state index is 13.6. The third-order valence-corrected chi connectivity index (χ3v) is 2.89. The van der Waals surface area contributed by atoms with Gasteiger partial charge in [-0.15, -0.1) is 0 Å². The number of nitrogens with zero attached hydrogens (tertiary/aromatic N) is 1. The largest absolute Gasteiger partial charge is 0.497 e. The highest BCUT2D eigenvalue weighted by Crippen LogP contribution is 2.14. The summed E-state index contributed by atoms with van der Waals surface area (Å²) in [6, 6.07) is 10.3. The summed E-state index contributed by atoms with van der Waals surface area (Å²) in [5, 5.41) is 2.98. The van der Waals surface area contributed by atoms with E-state index in [0.29, 0.717) is 12.4 Å². The summed E-state index contributed by atoms with van der Waals surface area (Å²) >= 11 is 0. The zero-order valence-corrected chi connectivity index (χ0v) is 11.7. The Labute approximate surface area is 121 Å². The first-order chi connectivity index (χ1) is 10.1. The highest BCUT2D eigenvalue weighted by Gasteiger charge is 2.13. The number of carbonyl (C=O) groups excluding carboxylic acids is 1. The first-order valence-electron chi connectivity index (χ1n) is 6.25. The van der Waals surface area contributed by atoms with E-state index in [2.05, 4.69) is 15.0 Å². The lowest BCUT2D eigenvalue weighted by Gasteiger charge is -2.08. The molecule has 0 aliphatic rings. The smallest absolute Gasteiger partial charge is 0.342 e. The maximum Gasteiger partial charge on any atom is 0.342 e. The summed E-state index contributed by atoms with van der Waals surface area (Å²) in [6.45, 7) is 0.480. The lowest BCUT2D eigenvalue weighted by molar-refractivity contribution is 0.0594. The van der Waals surface area contributed by atoms with Gasteiger partial charge < -0.3 is 14.8 Å². The van der Waals surface area contributed by atoms with Gasteiger partial charge in [0.2, 0.25) is 5.95 Å². The van der Waals surface area contributed by atoms with Gasteiger partial charge in [0.15, 0.2) is 0 Å².